The molecule has 0 unspecified atom stereocenters. The number of carbonyl (C=O) groups excluding carboxylic acids is 1. The molecule has 0 radical (unpaired) electrons. The predicted molar refractivity (Wildman–Crippen MR) is 66.8 cm³/mol. The summed E-state index contributed by atoms with van der Waals surface area (Å²) < 4.78 is 13.0. The molecule has 1 aromatic rings. The van der Waals surface area contributed by atoms with Crippen molar-refractivity contribution in [2.75, 3.05) is 0 Å². The second-order valence-corrected chi connectivity index (χ2v) is 4.45. The van der Waals surface area contributed by atoms with Crippen LogP contribution < -0.4 is 5.32 Å². The first kappa shape index (κ1) is 15.5. The van der Waals surface area contributed by atoms with Gasteiger partial charge in [0.15, 0.2) is 0 Å². The minimum absolute atomic E-state index is 0.386. The van der Waals surface area contributed by atoms with Gasteiger partial charge in [0.2, 0.25) is 0 Å². The van der Waals surface area contributed by atoms with E-state index >= 15 is 0 Å². The van der Waals surface area contributed by atoms with Gasteiger partial charge in [0.1, 0.15) is 17.4 Å². The molecule has 1 atom stereocenters. The van der Waals surface area contributed by atoms with Crippen LogP contribution in [0.1, 0.15) is 24.2 Å². The van der Waals surface area contributed by atoms with Crippen molar-refractivity contribution in [2.24, 2.45) is 5.92 Å². The van der Waals surface area contributed by atoms with Crippen molar-refractivity contribution in [1.29, 1.82) is 0 Å². The molecule has 0 aliphatic carbocycles. The van der Waals surface area contributed by atoms with Crippen LogP contribution in [-0.4, -0.2) is 27.9 Å². The van der Waals surface area contributed by atoms with Gasteiger partial charge >= 0.3 is 5.97 Å². The number of halogens is 1. The normalized spacial score (nSPS) is 12.0. The number of benzene rings is 1. The van der Waals surface area contributed by atoms with E-state index in [0.717, 1.165) is 12.1 Å². The maximum atomic E-state index is 13.0. The van der Waals surface area contributed by atoms with Gasteiger partial charge in [-0.15, -0.1) is 0 Å². The standard InChI is InChI=1S/C12H13FN2O5/c1-6(2)10(12(17)18)14-11(16)8-4-3-7(13)5-9(8)15(19)20/h3-6,10H,1-2H3,(H,14,16)(H,17,18)/t10-/m0/s1. The third-order valence-electron chi connectivity index (χ3n) is 2.62. The van der Waals surface area contributed by atoms with Crippen molar-refractivity contribution in [3.63, 3.8) is 0 Å². The number of amides is 1. The Morgan fingerprint density at radius 2 is 2.00 bits per heavy atom. The maximum absolute atomic E-state index is 13.0. The van der Waals surface area contributed by atoms with E-state index in [1.165, 1.54) is 0 Å². The van der Waals surface area contributed by atoms with E-state index in [2.05, 4.69) is 5.32 Å². The fourth-order valence-corrected chi connectivity index (χ4v) is 1.58. The molecule has 1 aromatic carbocycles. The van der Waals surface area contributed by atoms with Gasteiger partial charge in [-0.2, -0.15) is 0 Å². The Kier molecular flexibility index (Phi) is 4.73. The first-order valence-electron chi connectivity index (χ1n) is 5.71. The van der Waals surface area contributed by atoms with Crippen molar-refractivity contribution >= 4 is 17.6 Å². The SMILES string of the molecule is CC(C)[C@H](NC(=O)c1ccc(F)cc1[N+](=O)[O-])C(=O)O. The van der Waals surface area contributed by atoms with Gasteiger partial charge in [-0.25, -0.2) is 9.18 Å². The fraction of sp³-hybridized carbons (Fsp3) is 0.333. The molecule has 20 heavy (non-hydrogen) atoms. The van der Waals surface area contributed by atoms with Crippen molar-refractivity contribution < 1.29 is 24.0 Å². The zero-order valence-electron chi connectivity index (χ0n) is 10.8. The molecule has 7 nitrogen and oxygen atoms in total. The number of nitro benzene ring substituents is 1. The molecule has 0 bridgehead atoms. The quantitative estimate of drug-likeness (QED) is 0.630. The summed E-state index contributed by atoms with van der Waals surface area (Å²) in [4.78, 5) is 32.7. The Hall–Kier alpha value is -2.51. The van der Waals surface area contributed by atoms with Crippen LogP contribution in [0.25, 0.3) is 0 Å². The fourth-order valence-electron chi connectivity index (χ4n) is 1.58. The molecule has 108 valence electrons. The molecule has 2 N–H and O–H groups in total. The molecule has 0 spiro atoms. The van der Waals surface area contributed by atoms with E-state index in [0.29, 0.717) is 6.07 Å². The molecule has 0 aromatic heterocycles. The van der Waals surface area contributed by atoms with E-state index in [-0.39, 0.29) is 5.56 Å². The number of hydrogen-bond donors (Lipinski definition) is 2. The molecular formula is C12H13FN2O5. The van der Waals surface area contributed by atoms with Crippen LogP contribution in [0, 0.1) is 21.8 Å². The summed E-state index contributed by atoms with van der Waals surface area (Å²) in [5, 5.41) is 21.9. The van der Waals surface area contributed by atoms with Crippen molar-refractivity contribution in [3.05, 3.63) is 39.7 Å². The van der Waals surface area contributed by atoms with Gasteiger partial charge in [0.05, 0.1) is 11.0 Å². The number of nitrogens with one attached hydrogen (secondary N) is 1. The number of nitro groups is 1. The van der Waals surface area contributed by atoms with E-state index in [1.807, 2.05) is 0 Å². The lowest BCUT2D eigenvalue weighted by atomic mass is 10.0. The molecule has 1 rings (SSSR count). The monoisotopic (exact) mass is 284 g/mol. The Bertz CT molecular complexity index is 559. The molecule has 0 aliphatic heterocycles. The van der Waals surface area contributed by atoms with Crippen LogP contribution in [0.4, 0.5) is 10.1 Å². The summed E-state index contributed by atoms with van der Waals surface area (Å²) >= 11 is 0. The van der Waals surface area contributed by atoms with Crippen molar-refractivity contribution in [1.82, 2.24) is 5.32 Å². The maximum Gasteiger partial charge on any atom is 0.326 e. The van der Waals surface area contributed by atoms with Gasteiger partial charge in [-0.1, -0.05) is 13.8 Å². The Morgan fingerprint density at radius 3 is 2.45 bits per heavy atom. The smallest absolute Gasteiger partial charge is 0.326 e. The van der Waals surface area contributed by atoms with Crippen molar-refractivity contribution in [3.8, 4) is 0 Å². The lowest BCUT2D eigenvalue weighted by Gasteiger charge is -2.17. The highest BCUT2D eigenvalue weighted by Crippen LogP contribution is 2.20. The molecule has 8 heteroatoms. The topological polar surface area (TPSA) is 110 Å². The van der Waals surface area contributed by atoms with Gasteiger partial charge in [-0.3, -0.25) is 14.9 Å². The van der Waals surface area contributed by atoms with Gasteiger partial charge < -0.3 is 10.4 Å². The molecule has 0 saturated heterocycles. The number of hydrogen-bond acceptors (Lipinski definition) is 4. The first-order valence-corrected chi connectivity index (χ1v) is 5.71. The summed E-state index contributed by atoms with van der Waals surface area (Å²) in [6, 6.07) is 1.27. The number of aliphatic carboxylic acids is 1. The second-order valence-electron chi connectivity index (χ2n) is 4.45. The summed E-state index contributed by atoms with van der Waals surface area (Å²) in [7, 11) is 0. The zero-order chi connectivity index (χ0) is 15.4. The van der Waals surface area contributed by atoms with E-state index in [4.69, 9.17) is 5.11 Å². The van der Waals surface area contributed by atoms with Gasteiger partial charge in [0.25, 0.3) is 11.6 Å². The molecule has 0 heterocycles. The van der Waals surface area contributed by atoms with Crippen LogP contribution in [-0.2, 0) is 4.79 Å². The highest BCUT2D eigenvalue weighted by atomic mass is 19.1. The highest BCUT2D eigenvalue weighted by Gasteiger charge is 2.27. The lowest BCUT2D eigenvalue weighted by Crippen LogP contribution is -2.44. The zero-order valence-corrected chi connectivity index (χ0v) is 10.8. The second kappa shape index (κ2) is 6.09. The number of nitrogens with zero attached hydrogens (tertiary/aromatic N) is 1. The van der Waals surface area contributed by atoms with E-state index < -0.39 is 40.3 Å². The van der Waals surface area contributed by atoms with Gasteiger partial charge in [0, 0.05) is 0 Å². The summed E-state index contributed by atoms with van der Waals surface area (Å²) in [5.41, 5.74) is -1.10. The number of carbonyl (C=O) groups is 2. The van der Waals surface area contributed by atoms with Crippen LogP contribution in [0.15, 0.2) is 18.2 Å². The summed E-state index contributed by atoms with van der Waals surface area (Å²) in [6.07, 6.45) is 0. The third kappa shape index (κ3) is 3.50. The Morgan fingerprint density at radius 1 is 1.40 bits per heavy atom. The third-order valence-corrected chi connectivity index (χ3v) is 2.62. The highest BCUT2D eigenvalue weighted by molar-refractivity contribution is 6.00. The lowest BCUT2D eigenvalue weighted by molar-refractivity contribution is -0.385. The molecule has 0 fully saturated rings. The van der Waals surface area contributed by atoms with E-state index in [1.54, 1.807) is 13.8 Å². The molecule has 1 amide bonds. The van der Waals surface area contributed by atoms with Crippen LogP contribution in [0.3, 0.4) is 0 Å². The Labute approximate surface area is 113 Å². The summed E-state index contributed by atoms with van der Waals surface area (Å²) in [6.45, 7) is 3.16. The van der Waals surface area contributed by atoms with Crippen LogP contribution in [0.2, 0.25) is 0 Å². The first-order chi connectivity index (χ1) is 9.23. The van der Waals surface area contributed by atoms with Crippen LogP contribution in [0.5, 0.6) is 0 Å². The Balaban J connectivity index is 3.09. The minimum atomic E-state index is -1.25. The largest absolute Gasteiger partial charge is 0.480 e. The van der Waals surface area contributed by atoms with E-state index in [9.17, 15) is 24.1 Å². The van der Waals surface area contributed by atoms with Gasteiger partial charge in [-0.05, 0) is 18.1 Å². The molecule has 0 aliphatic rings. The number of rotatable bonds is 5. The average molecular weight is 284 g/mol. The summed E-state index contributed by atoms with van der Waals surface area (Å²) in [5.74, 6) is -3.45. The molecular weight excluding hydrogens is 271 g/mol. The van der Waals surface area contributed by atoms with Crippen LogP contribution >= 0.6 is 0 Å². The predicted octanol–water partition coefficient (Wildman–Crippen LogP) is 1.57. The average Bonchev–Trinajstić information content (AvgIpc) is 2.34. The van der Waals surface area contributed by atoms with Crippen molar-refractivity contribution in [2.45, 2.75) is 19.9 Å². The number of carboxylic acids is 1. The molecule has 0 saturated carbocycles. The number of carboxylic acid groups (broad SMARTS) is 1. The minimum Gasteiger partial charge on any atom is -0.480 e.